The lowest BCUT2D eigenvalue weighted by atomic mass is 10.0. The third-order valence-electron chi connectivity index (χ3n) is 3.68. The number of hydrogen-bond donors (Lipinski definition) is 1. The maximum absolute atomic E-state index is 12.1. The minimum Gasteiger partial charge on any atom is -0.550 e. The Bertz CT molecular complexity index is 713. The molecule has 2 aromatic carbocycles. The van der Waals surface area contributed by atoms with E-state index in [1.165, 1.54) is 5.56 Å². The number of amides is 1. The van der Waals surface area contributed by atoms with Crippen LogP contribution in [0.15, 0.2) is 48.5 Å². The molecule has 5 nitrogen and oxygen atoms in total. The average molecular weight is 361 g/mol. The fourth-order valence-corrected chi connectivity index (χ4v) is 2.45. The SMILES string of the molecule is CCc1ccc(OCC(=O)N[C@@H](CC(=O)[O-])c2ccc(Cl)cc2)cc1. The maximum Gasteiger partial charge on any atom is 0.258 e. The highest BCUT2D eigenvalue weighted by Crippen LogP contribution is 2.19. The molecular weight excluding hydrogens is 342 g/mol. The minimum atomic E-state index is -1.25. The van der Waals surface area contributed by atoms with Crippen LogP contribution < -0.4 is 15.2 Å². The molecule has 0 spiro atoms. The largest absolute Gasteiger partial charge is 0.550 e. The van der Waals surface area contributed by atoms with Crippen LogP contribution in [0.25, 0.3) is 0 Å². The van der Waals surface area contributed by atoms with Gasteiger partial charge >= 0.3 is 0 Å². The second kappa shape index (κ2) is 9.08. The van der Waals surface area contributed by atoms with Crippen molar-refractivity contribution >= 4 is 23.5 Å². The molecule has 132 valence electrons. The summed E-state index contributed by atoms with van der Waals surface area (Å²) in [4.78, 5) is 23.0. The fourth-order valence-electron chi connectivity index (χ4n) is 2.32. The molecule has 0 heterocycles. The zero-order valence-corrected chi connectivity index (χ0v) is 14.6. The summed E-state index contributed by atoms with van der Waals surface area (Å²) in [5, 5.41) is 14.1. The van der Waals surface area contributed by atoms with Crippen LogP contribution in [0.3, 0.4) is 0 Å². The van der Waals surface area contributed by atoms with Gasteiger partial charge in [0.2, 0.25) is 0 Å². The molecule has 6 heteroatoms. The van der Waals surface area contributed by atoms with Gasteiger partial charge in [0.25, 0.3) is 5.91 Å². The highest BCUT2D eigenvalue weighted by Gasteiger charge is 2.15. The number of carboxylic acids is 1. The Balaban J connectivity index is 1.96. The Kier molecular flexibility index (Phi) is 6.83. The summed E-state index contributed by atoms with van der Waals surface area (Å²) in [5.74, 6) is -1.09. The topological polar surface area (TPSA) is 78.5 Å². The van der Waals surface area contributed by atoms with Crippen LogP contribution in [-0.2, 0) is 16.0 Å². The van der Waals surface area contributed by atoms with E-state index < -0.39 is 17.9 Å². The molecule has 0 aliphatic heterocycles. The summed E-state index contributed by atoms with van der Waals surface area (Å²) >= 11 is 5.83. The zero-order chi connectivity index (χ0) is 18.2. The Morgan fingerprint density at radius 1 is 1.12 bits per heavy atom. The second-order valence-electron chi connectivity index (χ2n) is 5.53. The predicted octanol–water partition coefficient (Wildman–Crippen LogP) is 2.28. The molecule has 25 heavy (non-hydrogen) atoms. The monoisotopic (exact) mass is 360 g/mol. The third kappa shape index (κ3) is 6.12. The molecule has 0 aliphatic carbocycles. The number of carbonyl (C=O) groups is 2. The first-order valence-corrected chi connectivity index (χ1v) is 8.32. The smallest absolute Gasteiger partial charge is 0.258 e. The van der Waals surface area contributed by atoms with Crippen LogP contribution in [0.5, 0.6) is 5.75 Å². The summed E-state index contributed by atoms with van der Waals surface area (Å²) in [6.45, 7) is 1.85. The van der Waals surface area contributed by atoms with Crippen LogP contribution in [-0.4, -0.2) is 18.5 Å². The highest BCUT2D eigenvalue weighted by atomic mass is 35.5. The number of ether oxygens (including phenoxy) is 1. The molecule has 1 N–H and O–H groups in total. The van der Waals surface area contributed by atoms with Crippen LogP contribution in [0.4, 0.5) is 0 Å². The molecule has 2 rings (SSSR count). The summed E-state index contributed by atoms with van der Waals surface area (Å²) in [7, 11) is 0. The zero-order valence-electron chi connectivity index (χ0n) is 13.8. The molecule has 0 aliphatic rings. The number of hydrogen-bond acceptors (Lipinski definition) is 4. The number of rotatable bonds is 8. The lowest BCUT2D eigenvalue weighted by molar-refractivity contribution is -0.306. The summed E-state index contributed by atoms with van der Waals surface area (Å²) in [6, 6.07) is 13.4. The van der Waals surface area contributed by atoms with Gasteiger partial charge in [-0.25, -0.2) is 0 Å². The van der Waals surface area contributed by atoms with Crippen molar-refractivity contribution in [2.45, 2.75) is 25.8 Å². The summed E-state index contributed by atoms with van der Waals surface area (Å²) in [5.41, 5.74) is 1.81. The number of carbonyl (C=O) groups excluding carboxylic acids is 2. The van der Waals surface area contributed by atoms with Gasteiger partial charge in [-0.1, -0.05) is 42.8 Å². The first kappa shape index (κ1) is 18.8. The first-order chi connectivity index (χ1) is 12.0. The molecule has 1 amide bonds. The molecule has 0 unspecified atom stereocenters. The third-order valence-corrected chi connectivity index (χ3v) is 3.93. The fraction of sp³-hybridized carbons (Fsp3) is 0.263. The molecule has 1 atom stereocenters. The highest BCUT2D eigenvalue weighted by molar-refractivity contribution is 6.30. The van der Waals surface area contributed by atoms with Gasteiger partial charge in [-0.05, 0) is 41.8 Å². The van der Waals surface area contributed by atoms with Gasteiger partial charge in [0.05, 0.1) is 6.04 Å². The van der Waals surface area contributed by atoms with Crippen LogP contribution in [0, 0.1) is 0 Å². The Hall–Kier alpha value is -2.53. The van der Waals surface area contributed by atoms with Crippen LogP contribution >= 0.6 is 11.6 Å². The van der Waals surface area contributed by atoms with Crippen molar-refractivity contribution in [2.24, 2.45) is 0 Å². The number of nitrogens with one attached hydrogen (secondary N) is 1. The molecule has 0 radical (unpaired) electrons. The standard InChI is InChI=1S/C19H20ClNO4/c1-2-13-3-9-16(10-4-13)25-12-18(22)21-17(11-19(23)24)14-5-7-15(20)8-6-14/h3-10,17H,2,11-12H2,1H3,(H,21,22)(H,23,24)/p-1/t17-/m0/s1. The molecule has 0 fully saturated rings. The number of aliphatic carboxylic acids is 1. The van der Waals surface area contributed by atoms with E-state index in [0.717, 1.165) is 6.42 Å². The molecule has 0 saturated carbocycles. The number of halogens is 1. The van der Waals surface area contributed by atoms with Gasteiger partial charge in [-0.3, -0.25) is 4.79 Å². The number of benzene rings is 2. The van der Waals surface area contributed by atoms with Crippen molar-refractivity contribution in [2.75, 3.05) is 6.61 Å². The van der Waals surface area contributed by atoms with E-state index in [-0.39, 0.29) is 13.0 Å². The van der Waals surface area contributed by atoms with Gasteiger partial charge in [-0.15, -0.1) is 0 Å². The quantitative estimate of drug-likeness (QED) is 0.783. The van der Waals surface area contributed by atoms with E-state index in [4.69, 9.17) is 16.3 Å². The second-order valence-corrected chi connectivity index (χ2v) is 5.97. The van der Waals surface area contributed by atoms with Gasteiger partial charge in [-0.2, -0.15) is 0 Å². The van der Waals surface area contributed by atoms with Crippen molar-refractivity contribution in [1.82, 2.24) is 5.32 Å². The van der Waals surface area contributed by atoms with Gasteiger partial charge in [0, 0.05) is 17.4 Å². The minimum absolute atomic E-state index is 0.206. The van der Waals surface area contributed by atoms with E-state index in [2.05, 4.69) is 12.2 Å². The normalized spacial score (nSPS) is 11.6. The van der Waals surface area contributed by atoms with Gasteiger partial charge in [0.1, 0.15) is 5.75 Å². The Labute approximate surface area is 151 Å². The lowest BCUT2D eigenvalue weighted by Crippen LogP contribution is -2.36. The van der Waals surface area contributed by atoms with E-state index in [0.29, 0.717) is 16.3 Å². The number of aryl methyl sites for hydroxylation is 1. The van der Waals surface area contributed by atoms with Crippen molar-refractivity contribution in [3.05, 3.63) is 64.7 Å². The van der Waals surface area contributed by atoms with Gasteiger partial charge < -0.3 is 20.0 Å². The van der Waals surface area contributed by atoms with Gasteiger partial charge in [0.15, 0.2) is 6.61 Å². The molecule has 0 bridgehead atoms. The number of carboxylic acid groups (broad SMARTS) is 1. The molecule has 0 aromatic heterocycles. The summed E-state index contributed by atoms with van der Waals surface area (Å²) < 4.78 is 5.43. The van der Waals surface area contributed by atoms with Crippen molar-refractivity contribution < 1.29 is 19.4 Å². The first-order valence-electron chi connectivity index (χ1n) is 7.94. The van der Waals surface area contributed by atoms with Crippen molar-refractivity contribution in [3.63, 3.8) is 0 Å². The molecular formula is C19H19ClNO4-. The van der Waals surface area contributed by atoms with E-state index in [9.17, 15) is 14.7 Å². The average Bonchev–Trinajstić information content (AvgIpc) is 2.60. The van der Waals surface area contributed by atoms with Crippen molar-refractivity contribution in [3.8, 4) is 5.75 Å². The predicted molar refractivity (Wildman–Crippen MR) is 93.3 cm³/mol. The van der Waals surface area contributed by atoms with E-state index in [1.807, 2.05) is 12.1 Å². The van der Waals surface area contributed by atoms with Crippen molar-refractivity contribution in [1.29, 1.82) is 0 Å². The van der Waals surface area contributed by atoms with Crippen LogP contribution in [0.2, 0.25) is 5.02 Å². The van der Waals surface area contributed by atoms with Crippen LogP contribution in [0.1, 0.15) is 30.5 Å². The van der Waals surface area contributed by atoms with E-state index in [1.54, 1.807) is 36.4 Å². The molecule has 2 aromatic rings. The molecule has 0 saturated heterocycles. The lowest BCUT2D eigenvalue weighted by Gasteiger charge is -2.20. The Morgan fingerprint density at radius 3 is 2.32 bits per heavy atom. The van der Waals surface area contributed by atoms with E-state index >= 15 is 0 Å². The summed E-state index contributed by atoms with van der Waals surface area (Å²) in [6.07, 6.45) is 0.589. The maximum atomic E-state index is 12.1. The Morgan fingerprint density at radius 2 is 1.76 bits per heavy atom.